The topological polar surface area (TPSA) is 98.5 Å². The molecule has 0 aliphatic rings. The van der Waals surface area contributed by atoms with E-state index >= 15 is 0 Å². The molecule has 0 saturated heterocycles. The van der Waals surface area contributed by atoms with Crippen LogP contribution in [0.15, 0.2) is 53.4 Å². The molecule has 0 bridgehead atoms. The summed E-state index contributed by atoms with van der Waals surface area (Å²) < 4.78 is 32.4. The molecule has 0 atom stereocenters. The Morgan fingerprint density at radius 1 is 1.08 bits per heavy atom. The zero-order valence-electron chi connectivity index (χ0n) is 13.5. The second-order valence-electron chi connectivity index (χ2n) is 5.61. The minimum absolute atomic E-state index is 0.195. The standard InChI is InChI=1S/C17H20N2O4S/c1-12(2)13-3-9-16(10-4-13)24(21,22)19-14-5-7-15(8-6-14)23-11-17(18)20/h3-10,12,19H,11H2,1-2H3,(H2,18,20). The van der Waals surface area contributed by atoms with Crippen LogP contribution in [0, 0.1) is 0 Å². The third-order valence-electron chi connectivity index (χ3n) is 3.34. The molecule has 0 radical (unpaired) electrons. The summed E-state index contributed by atoms with van der Waals surface area (Å²) in [5, 5.41) is 0. The van der Waals surface area contributed by atoms with Crippen LogP contribution in [-0.2, 0) is 14.8 Å². The third-order valence-corrected chi connectivity index (χ3v) is 4.74. The number of sulfonamides is 1. The number of rotatable bonds is 7. The second-order valence-corrected chi connectivity index (χ2v) is 7.29. The van der Waals surface area contributed by atoms with Crippen molar-refractivity contribution in [1.29, 1.82) is 0 Å². The first-order valence-electron chi connectivity index (χ1n) is 7.42. The van der Waals surface area contributed by atoms with Crippen LogP contribution in [0.4, 0.5) is 5.69 Å². The Balaban J connectivity index is 2.09. The van der Waals surface area contributed by atoms with E-state index in [0.29, 0.717) is 17.4 Å². The number of benzene rings is 2. The van der Waals surface area contributed by atoms with Crippen molar-refractivity contribution in [2.45, 2.75) is 24.7 Å². The van der Waals surface area contributed by atoms with Gasteiger partial charge in [-0.3, -0.25) is 9.52 Å². The van der Waals surface area contributed by atoms with E-state index in [2.05, 4.69) is 4.72 Å². The first-order chi connectivity index (χ1) is 11.3. The van der Waals surface area contributed by atoms with E-state index in [9.17, 15) is 13.2 Å². The van der Waals surface area contributed by atoms with Gasteiger partial charge < -0.3 is 10.5 Å². The maximum absolute atomic E-state index is 12.4. The summed E-state index contributed by atoms with van der Waals surface area (Å²) in [6, 6.07) is 13.0. The van der Waals surface area contributed by atoms with Crippen LogP contribution in [0.2, 0.25) is 0 Å². The summed E-state index contributed by atoms with van der Waals surface area (Å²) >= 11 is 0. The Kier molecular flexibility index (Phi) is 5.46. The number of nitrogens with one attached hydrogen (secondary N) is 1. The van der Waals surface area contributed by atoms with E-state index in [1.807, 2.05) is 13.8 Å². The molecule has 0 fully saturated rings. The fraction of sp³-hybridized carbons (Fsp3) is 0.235. The smallest absolute Gasteiger partial charge is 0.261 e. The molecule has 0 aromatic heterocycles. The SMILES string of the molecule is CC(C)c1ccc(S(=O)(=O)Nc2ccc(OCC(N)=O)cc2)cc1. The first kappa shape index (κ1) is 17.8. The average Bonchev–Trinajstić information content (AvgIpc) is 2.54. The van der Waals surface area contributed by atoms with Gasteiger partial charge in [-0.1, -0.05) is 26.0 Å². The number of hydrogen-bond acceptors (Lipinski definition) is 4. The zero-order valence-corrected chi connectivity index (χ0v) is 14.3. The van der Waals surface area contributed by atoms with Crippen LogP contribution >= 0.6 is 0 Å². The number of carbonyl (C=O) groups excluding carboxylic acids is 1. The zero-order chi connectivity index (χ0) is 17.7. The molecule has 0 unspecified atom stereocenters. The van der Waals surface area contributed by atoms with Gasteiger partial charge in [0.15, 0.2) is 6.61 Å². The molecule has 7 heteroatoms. The highest BCUT2D eigenvalue weighted by molar-refractivity contribution is 7.92. The Hall–Kier alpha value is -2.54. The van der Waals surface area contributed by atoms with Crippen molar-refractivity contribution in [2.75, 3.05) is 11.3 Å². The molecule has 0 saturated carbocycles. The van der Waals surface area contributed by atoms with Crippen LogP contribution in [0.25, 0.3) is 0 Å². The van der Waals surface area contributed by atoms with Crippen molar-refractivity contribution in [3.8, 4) is 5.75 Å². The molecule has 2 aromatic carbocycles. The van der Waals surface area contributed by atoms with E-state index in [-0.39, 0.29) is 11.5 Å². The Labute approximate surface area is 141 Å². The minimum Gasteiger partial charge on any atom is -0.484 e. The number of amides is 1. The molecule has 6 nitrogen and oxygen atoms in total. The fourth-order valence-corrected chi connectivity index (χ4v) is 3.08. The van der Waals surface area contributed by atoms with E-state index in [0.717, 1.165) is 5.56 Å². The van der Waals surface area contributed by atoms with Crippen molar-refractivity contribution in [1.82, 2.24) is 0 Å². The van der Waals surface area contributed by atoms with Gasteiger partial charge in [0.05, 0.1) is 4.90 Å². The predicted molar refractivity (Wildman–Crippen MR) is 92.5 cm³/mol. The molecule has 0 aliphatic heterocycles. The molecule has 0 aliphatic carbocycles. The quantitative estimate of drug-likeness (QED) is 0.803. The van der Waals surface area contributed by atoms with Gasteiger partial charge in [0.2, 0.25) is 0 Å². The van der Waals surface area contributed by atoms with Crippen molar-refractivity contribution < 1.29 is 17.9 Å². The molecule has 2 rings (SSSR count). The van der Waals surface area contributed by atoms with Gasteiger partial charge >= 0.3 is 0 Å². The lowest BCUT2D eigenvalue weighted by atomic mass is 10.0. The van der Waals surface area contributed by atoms with Gasteiger partial charge in [-0.25, -0.2) is 8.42 Å². The van der Waals surface area contributed by atoms with Crippen molar-refractivity contribution in [3.05, 3.63) is 54.1 Å². The normalized spacial score (nSPS) is 11.3. The number of anilines is 1. The van der Waals surface area contributed by atoms with Gasteiger partial charge in [0, 0.05) is 5.69 Å². The van der Waals surface area contributed by atoms with Gasteiger partial charge in [-0.15, -0.1) is 0 Å². The first-order valence-corrected chi connectivity index (χ1v) is 8.90. The maximum atomic E-state index is 12.4. The summed E-state index contributed by atoms with van der Waals surface area (Å²) in [7, 11) is -3.66. The third kappa shape index (κ3) is 4.73. The molecule has 128 valence electrons. The highest BCUT2D eigenvalue weighted by Gasteiger charge is 2.14. The van der Waals surface area contributed by atoms with Crippen molar-refractivity contribution >= 4 is 21.6 Å². The summed E-state index contributed by atoms with van der Waals surface area (Å²) in [4.78, 5) is 10.9. The van der Waals surface area contributed by atoms with Crippen molar-refractivity contribution in [3.63, 3.8) is 0 Å². The average molecular weight is 348 g/mol. The second kappa shape index (κ2) is 7.35. The lowest BCUT2D eigenvalue weighted by Gasteiger charge is -2.11. The molecule has 0 heterocycles. The van der Waals surface area contributed by atoms with Gasteiger partial charge in [-0.2, -0.15) is 0 Å². The largest absolute Gasteiger partial charge is 0.484 e. The highest BCUT2D eigenvalue weighted by atomic mass is 32.2. The van der Waals surface area contributed by atoms with E-state index in [4.69, 9.17) is 10.5 Å². The highest BCUT2D eigenvalue weighted by Crippen LogP contribution is 2.21. The van der Waals surface area contributed by atoms with Crippen LogP contribution in [0.5, 0.6) is 5.75 Å². The molecule has 24 heavy (non-hydrogen) atoms. The lowest BCUT2D eigenvalue weighted by Crippen LogP contribution is -2.20. The van der Waals surface area contributed by atoms with Gasteiger partial charge in [0.1, 0.15) is 5.75 Å². The summed E-state index contributed by atoms with van der Waals surface area (Å²) in [6.45, 7) is 3.86. The van der Waals surface area contributed by atoms with E-state index in [1.54, 1.807) is 48.5 Å². The number of primary amides is 1. The van der Waals surface area contributed by atoms with Crippen molar-refractivity contribution in [2.24, 2.45) is 5.73 Å². The lowest BCUT2D eigenvalue weighted by molar-refractivity contribution is -0.119. The fourth-order valence-electron chi connectivity index (χ4n) is 2.02. The van der Waals surface area contributed by atoms with Crippen LogP contribution in [-0.4, -0.2) is 20.9 Å². The van der Waals surface area contributed by atoms with E-state index < -0.39 is 15.9 Å². The van der Waals surface area contributed by atoms with Gasteiger partial charge in [-0.05, 0) is 47.9 Å². The molecular weight excluding hydrogens is 328 g/mol. The minimum atomic E-state index is -3.66. The van der Waals surface area contributed by atoms with Crippen LogP contribution in [0.1, 0.15) is 25.3 Å². The molecule has 1 amide bonds. The monoisotopic (exact) mass is 348 g/mol. The van der Waals surface area contributed by atoms with E-state index in [1.165, 1.54) is 0 Å². The molecular formula is C17H20N2O4S. The molecule has 2 aromatic rings. The van der Waals surface area contributed by atoms with Crippen LogP contribution in [0.3, 0.4) is 0 Å². The number of carbonyl (C=O) groups is 1. The number of nitrogens with two attached hydrogens (primary N) is 1. The number of hydrogen-bond donors (Lipinski definition) is 2. The number of ether oxygens (including phenoxy) is 1. The van der Waals surface area contributed by atoms with Gasteiger partial charge in [0.25, 0.3) is 15.9 Å². The Bertz CT molecular complexity index is 797. The summed E-state index contributed by atoms with van der Waals surface area (Å²) in [6.07, 6.45) is 0. The molecule has 3 N–H and O–H groups in total. The Morgan fingerprint density at radius 2 is 1.67 bits per heavy atom. The maximum Gasteiger partial charge on any atom is 0.261 e. The summed E-state index contributed by atoms with van der Waals surface area (Å²) in [5.74, 6) is 0.185. The van der Waals surface area contributed by atoms with Crippen LogP contribution < -0.4 is 15.2 Å². The predicted octanol–water partition coefficient (Wildman–Crippen LogP) is 2.47. The summed E-state index contributed by atoms with van der Waals surface area (Å²) in [5.41, 5.74) is 6.46. The molecule has 0 spiro atoms. The Morgan fingerprint density at radius 3 is 2.17 bits per heavy atom.